The average molecular weight is 418 g/mol. The lowest BCUT2D eigenvalue weighted by atomic mass is 9.99. The van der Waals surface area contributed by atoms with Gasteiger partial charge in [0.1, 0.15) is 17.4 Å². The van der Waals surface area contributed by atoms with Crippen LogP contribution in [-0.2, 0) is 16.0 Å². The van der Waals surface area contributed by atoms with E-state index >= 15 is 0 Å². The summed E-state index contributed by atoms with van der Waals surface area (Å²) in [6.45, 7) is 8.76. The lowest BCUT2D eigenvalue weighted by Crippen LogP contribution is -2.44. The minimum absolute atomic E-state index is 0.335. The predicted molar refractivity (Wildman–Crippen MR) is 115 cm³/mol. The summed E-state index contributed by atoms with van der Waals surface area (Å²) < 4.78 is 11.4. The summed E-state index contributed by atoms with van der Waals surface area (Å²) in [5, 5.41) is 12.1. The number of benzene rings is 1. The van der Waals surface area contributed by atoms with Gasteiger partial charge in [0.15, 0.2) is 6.10 Å². The van der Waals surface area contributed by atoms with E-state index in [9.17, 15) is 14.4 Å². The third-order valence-electron chi connectivity index (χ3n) is 5.34. The van der Waals surface area contributed by atoms with E-state index < -0.39 is 24.0 Å². The van der Waals surface area contributed by atoms with Gasteiger partial charge in [0.25, 0.3) is 5.91 Å². The quantitative estimate of drug-likeness (QED) is 0.449. The Morgan fingerprint density at radius 2 is 1.83 bits per heavy atom. The summed E-state index contributed by atoms with van der Waals surface area (Å²) in [5.41, 5.74) is 2.35. The molecule has 0 fully saturated rings. The van der Waals surface area contributed by atoms with Gasteiger partial charge in [-0.3, -0.25) is 9.59 Å². The van der Waals surface area contributed by atoms with Crippen LogP contribution in [0.1, 0.15) is 63.1 Å². The summed E-state index contributed by atoms with van der Waals surface area (Å²) in [6.07, 6.45) is 4.11. The van der Waals surface area contributed by atoms with E-state index in [1.165, 1.54) is 13.8 Å². The molecule has 1 aromatic heterocycles. The Hall–Kier alpha value is -2.83. The number of aryl methyl sites for hydroxylation is 2. The third kappa shape index (κ3) is 5.40. The molecule has 0 radical (unpaired) electrons. The Kier molecular flexibility index (Phi) is 8.03. The molecule has 2 aromatic rings. The molecule has 0 spiro atoms. The Bertz CT molecular complexity index is 978. The van der Waals surface area contributed by atoms with Crippen molar-refractivity contribution in [2.45, 2.75) is 78.9 Å². The Morgan fingerprint density at radius 1 is 1.13 bits per heavy atom. The van der Waals surface area contributed by atoms with E-state index in [4.69, 9.17) is 14.3 Å². The molecule has 0 aliphatic rings. The topological polar surface area (TPSA) is 106 Å². The summed E-state index contributed by atoms with van der Waals surface area (Å²) in [6, 6.07) is 2.56. The van der Waals surface area contributed by atoms with Gasteiger partial charge in [-0.2, -0.15) is 0 Å². The second-order valence-electron chi connectivity index (χ2n) is 7.70. The molecule has 0 saturated carbocycles. The highest BCUT2D eigenvalue weighted by molar-refractivity contribution is 5.87. The van der Waals surface area contributed by atoms with E-state index in [2.05, 4.69) is 12.2 Å². The number of carbonyl (C=O) groups is 2. The summed E-state index contributed by atoms with van der Waals surface area (Å²) in [4.78, 5) is 35.6. The molecule has 0 saturated heterocycles. The normalized spacial score (nSPS) is 13.1. The van der Waals surface area contributed by atoms with Gasteiger partial charge in [-0.25, -0.2) is 4.79 Å². The SMILES string of the molecule is CCCCCCc1c(C)c2ccc(O[C@H](C)C(=O)N[C@@H](C)C(=O)O)c(C)c2oc1=O. The maximum absolute atomic E-state index is 12.6. The lowest BCUT2D eigenvalue weighted by molar-refractivity contribution is -0.142. The van der Waals surface area contributed by atoms with Crippen LogP contribution in [0.4, 0.5) is 0 Å². The third-order valence-corrected chi connectivity index (χ3v) is 5.34. The zero-order valence-corrected chi connectivity index (χ0v) is 18.3. The number of hydrogen-bond acceptors (Lipinski definition) is 5. The highest BCUT2D eigenvalue weighted by Crippen LogP contribution is 2.30. The molecule has 7 nitrogen and oxygen atoms in total. The molecule has 164 valence electrons. The van der Waals surface area contributed by atoms with Crippen LogP contribution in [0.15, 0.2) is 21.3 Å². The van der Waals surface area contributed by atoms with Crippen molar-refractivity contribution in [3.63, 3.8) is 0 Å². The lowest BCUT2D eigenvalue weighted by Gasteiger charge is -2.18. The largest absolute Gasteiger partial charge is 0.480 e. The van der Waals surface area contributed by atoms with Crippen molar-refractivity contribution in [3.8, 4) is 5.75 Å². The van der Waals surface area contributed by atoms with Gasteiger partial charge in [-0.15, -0.1) is 0 Å². The molecular formula is C23H31NO6. The number of fused-ring (bicyclic) bond motifs is 1. The van der Waals surface area contributed by atoms with E-state index in [0.29, 0.717) is 28.9 Å². The second-order valence-corrected chi connectivity index (χ2v) is 7.70. The van der Waals surface area contributed by atoms with Crippen LogP contribution in [0.5, 0.6) is 5.75 Å². The fraction of sp³-hybridized carbons (Fsp3) is 0.522. The van der Waals surface area contributed by atoms with Crippen molar-refractivity contribution < 1.29 is 23.8 Å². The van der Waals surface area contributed by atoms with Crippen LogP contribution in [0.2, 0.25) is 0 Å². The van der Waals surface area contributed by atoms with Crippen molar-refractivity contribution in [3.05, 3.63) is 39.2 Å². The summed E-state index contributed by atoms with van der Waals surface area (Å²) in [7, 11) is 0. The Labute approximate surface area is 176 Å². The smallest absolute Gasteiger partial charge is 0.339 e. The van der Waals surface area contributed by atoms with Gasteiger partial charge in [0.2, 0.25) is 0 Å². The van der Waals surface area contributed by atoms with Gasteiger partial charge in [0, 0.05) is 16.5 Å². The highest BCUT2D eigenvalue weighted by atomic mass is 16.5. The molecule has 1 heterocycles. The first-order valence-corrected chi connectivity index (χ1v) is 10.4. The molecule has 2 atom stereocenters. The number of hydrogen-bond donors (Lipinski definition) is 2. The van der Waals surface area contributed by atoms with Gasteiger partial charge >= 0.3 is 11.6 Å². The first-order chi connectivity index (χ1) is 14.2. The number of carboxylic acids is 1. The zero-order valence-electron chi connectivity index (χ0n) is 18.3. The van der Waals surface area contributed by atoms with Crippen LogP contribution in [-0.4, -0.2) is 29.1 Å². The summed E-state index contributed by atoms with van der Waals surface area (Å²) >= 11 is 0. The number of carboxylic acid groups (broad SMARTS) is 1. The highest BCUT2D eigenvalue weighted by Gasteiger charge is 2.22. The van der Waals surface area contributed by atoms with E-state index in [1.54, 1.807) is 13.0 Å². The number of carbonyl (C=O) groups excluding carboxylic acids is 1. The number of ether oxygens (including phenoxy) is 1. The second kappa shape index (κ2) is 10.3. The first-order valence-electron chi connectivity index (χ1n) is 10.4. The number of unbranched alkanes of at least 4 members (excludes halogenated alkanes) is 3. The van der Waals surface area contributed by atoms with Crippen molar-refractivity contribution in [1.29, 1.82) is 0 Å². The molecule has 0 bridgehead atoms. The first kappa shape index (κ1) is 23.4. The molecule has 30 heavy (non-hydrogen) atoms. The molecule has 1 amide bonds. The molecule has 1 aromatic carbocycles. The Morgan fingerprint density at radius 3 is 2.47 bits per heavy atom. The monoisotopic (exact) mass is 417 g/mol. The molecule has 0 aliphatic carbocycles. The predicted octanol–water partition coefficient (Wildman–Crippen LogP) is 3.89. The maximum Gasteiger partial charge on any atom is 0.339 e. The van der Waals surface area contributed by atoms with Crippen molar-refractivity contribution in [2.24, 2.45) is 0 Å². The molecule has 0 unspecified atom stereocenters. The van der Waals surface area contributed by atoms with Crippen LogP contribution >= 0.6 is 0 Å². The van der Waals surface area contributed by atoms with Crippen molar-refractivity contribution >= 4 is 22.8 Å². The van der Waals surface area contributed by atoms with Crippen molar-refractivity contribution in [2.75, 3.05) is 0 Å². The van der Waals surface area contributed by atoms with E-state index in [0.717, 1.165) is 36.6 Å². The molecular weight excluding hydrogens is 386 g/mol. The van der Waals surface area contributed by atoms with E-state index in [-0.39, 0.29) is 5.63 Å². The number of aliphatic carboxylic acids is 1. The van der Waals surface area contributed by atoms with E-state index in [1.807, 2.05) is 13.0 Å². The van der Waals surface area contributed by atoms with Gasteiger partial charge < -0.3 is 19.6 Å². The van der Waals surface area contributed by atoms with Crippen LogP contribution in [0.3, 0.4) is 0 Å². The van der Waals surface area contributed by atoms with Gasteiger partial charge in [-0.05, 0) is 58.2 Å². The fourth-order valence-electron chi connectivity index (χ4n) is 3.35. The fourth-order valence-corrected chi connectivity index (χ4v) is 3.35. The number of rotatable bonds is 10. The molecule has 2 rings (SSSR count). The molecule has 0 aliphatic heterocycles. The molecule has 7 heteroatoms. The average Bonchev–Trinajstić information content (AvgIpc) is 2.69. The number of amides is 1. The van der Waals surface area contributed by atoms with Crippen LogP contribution < -0.4 is 15.7 Å². The van der Waals surface area contributed by atoms with Crippen molar-refractivity contribution in [1.82, 2.24) is 5.32 Å². The standard InChI is InChI=1S/C23H31NO6/c1-6-7-8-9-10-18-13(2)17-11-12-19(14(3)20(17)30-23(18)28)29-16(5)21(25)24-15(4)22(26)27/h11-12,15-16H,6-10H2,1-5H3,(H,24,25)(H,26,27)/t15-,16+/m0/s1. The molecule has 2 N–H and O–H groups in total. The van der Waals surface area contributed by atoms with Gasteiger partial charge in [-0.1, -0.05) is 26.2 Å². The minimum atomic E-state index is -1.12. The Balaban J connectivity index is 2.26. The summed E-state index contributed by atoms with van der Waals surface area (Å²) in [5.74, 6) is -1.25. The minimum Gasteiger partial charge on any atom is -0.480 e. The van der Waals surface area contributed by atoms with Crippen LogP contribution in [0, 0.1) is 13.8 Å². The maximum atomic E-state index is 12.6. The van der Waals surface area contributed by atoms with Gasteiger partial charge in [0.05, 0.1) is 0 Å². The van der Waals surface area contributed by atoms with Crippen LogP contribution in [0.25, 0.3) is 11.0 Å². The zero-order chi connectivity index (χ0) is 22.4. The number of nitrogens with one attached hydrogen (secondary N) is 1.